The summed E-state index contributed by atoms with van der Waals surface area (Å²) < 4.78 is 6.61. The van der Waals surface area contributed by atoms with Crippen molar-refractivity contribution in [1.82, 2.24) is 14.8 Å². The van der Waals surface area contributed by atoms with Gasteiger partial charge in [-0.25, -0.2) is 9.78 Å². The largest absolute Gasteiger partial charge is 0.462 e. The molecule has 126 valence electrons. The van der Waals surface area contributed by atoms with Gasteiger partial charge in [-0.15, -0.1) is 11.3 Å². The van der Waals surface area contributed by atoms with Gasteiger partial charge in [-0.3, -0.25) is 4.68 Å². The van der Waals surface area contributed by atoms with Gasteiger partial charge in [0, 0.05) is 17.1 Å². The summed E-state index contributed by atoms with van der Waals surface area (Å²) in [6, 6.07) is 7.85. The molecule has 0 unspecified atom stereocenters. The Morgan fingerprint density at radius 2 is 2.24 bits per heavy atom. The molecule has 0 spiro atoms. The van der Waals surface area contributed by atoms with Crippen molar-refractivity contribution in [3.05, 3.63) is 57.7 Å². The maximum atomic E-state index is 11.7. The minimum atomic E-state index is -0.377. The molecule has 2 aromatic heterocycles. The summed E-state index contributed by atoms with van der Waals surface area (Å²) in [4.78, 5) is 16.3. The second-order valence-corrected chi connectivity index (χ2v) is 6.42. The summed E-state index contributed by atoms with van der Waals surface area (Å²) >= 11 is 1.52. The van der Waals surface area contributed by atoms with Crippen LogP contribution in [0.1, 0.15) is 33.4 Å². The van der Waals surface area contributed by atoms with E-state index in [1.807, 2.05) is 30.5 Å². The third-order valence-electron chi connectivity index (χ3n) is 3.50. The van der Waals surface area contributed by atoms with Gasteiger partial charge < -0.3 is 4.74 Å². The van der Waals surface area contributed by atoms with E-state index in [1.54, 1.807) is 17.8 Å². The molecular weight excluding hydrogens is 336 g/mol. The number of carbonyl (C=O) groups is 1. The van der Waals surface area contributed by atoms with Crippen molar-refractivity contribution in [3.63, 3.8) is 0 Å². The number of thiazole rings is 1. The van der Waals surface area contributed by atoms with E-state index < -0.39 is 0 Å². The second-order valence-electron chi connectivity index (χ2n) is 5.47. The first-order valence-electron chi connectivity index (χ1n) is 7.75. The van der Waals surface area contributed by atoms with Crippen LogP contribution in [0, 0.1) is 18.3 Å². The van der Waals surface area contributed by atoms with Crippen molar-refractivity contribution in [1.29, 1.82) is 5.26 Å². The molecule has 0 amide bonds. The maximum Gasteiger partial charge on any atom is 0.341 e. The van der Waals surface area contributed by atoms with Crippen molar-refractivity contribution < 1.29 is 9.53 Å². The first-order valence-corrected chi connectivity index (χ1v) is 8.63. The molecule has 7 heteroatoms. The quantitative estimate of drug-likeness (QED) is 0.657. The molecule has 25 heavy (non-hydrogen) atoms. The van der Waals surface area contributed by atoms with Crippen molar-refractivity contribution in [2.45, 2.75) is 20.4 Å². The van der Waals surface area contributed by atoms with Crippen LogP contribution in [0.25, 0.3) is 11.3 Å². The van der Waals surface area contributed by atoms with Crippen LogP contribution in [0.4, 0.5) is 0 Å². The number of aromatic nitrogens is 3. The maximum absolute atomic E-state index is 11.7. The summed E-state index contributed by atoms with van der Waals surface area (Å²) in [7, 11) is 0. The molecule has 0 atom stereocenters. The van der Waals surface area contributed by atoms with Gasteiger partial charge >= 0.3 is 5.97 Å². The number of rotatable bonds is 5. The van der Waals surface area contributed by atoms with Gasteiger partial charge in [-0.05, 0) is 37.6 Å². The molecule has 3 rings (SSSR count). The average Bonchev–Trinajstić information content (AvgIpc) is 3.24. The highest BCUT2D eigenvalue weighted by Gasteiger charge is 2.11. The molecule has 0 fully saturated rings. The lowest BCUT2D eigenvalue weighted by atomic mass is 10.1. The van der Waals surface area contributed by atoms with Crippen molar-refractivity contribution in [3.8, 4) is 17.3 Å². The first kappa shape index (κ1) is 16.9. The normalized spacial score (nSPS) is 10.4. The molecule has 3 aromatic rings. The molecular formula is C18H16N4O2S. The zero-order chi connectivity index (χ0) is 17.8. The van der Waals surface area contributed by atoms with Crippen LogP contribution >= 0.6 is 11.3 Å². The number of nitrogens with zero attached hydrogens (tertiary/aromatic N) is 4. The van der Waals surface area contributed by atoms with Crippen molar-refractivity contribution >= 4 is 17.3 Å². The van der Waals surface area contributed by atoms with E-state index in [9.17, 15) is 4.79 Å². The molecule has 0 aliphatic heterocycles. The van der Waals surface area contributed by atoms with E-state index in [0.29, 0.717) is 24.3 Å². The third-order valence-corrected chi connectivity index (χ3v) is 4.33. The smallest absolute Gasteiger partial charge is 0.341 e. The highest BCUT2D eigenvalue weighted by atomic mass is 32.1. The number of ether oxygens (including phenoxy) is 1. The molecule has 0 radical (unpaired) electrons. The number of nitriles is 1. The van der Waals surface area contributed by atoms with E-state index in [0.717, 1.165) is 21.8 Å². The van der Waals surface area contributed by atoms with Crippen LogP contribution in [-0.2, 0) is 11.3 Å². The minimum absolute atomic E-state index is 0.334. The van der Waals surface area contributed by atoms with Crippen LogP contribution in [0.15, 0.2) is 36.0 Å². The number of carbonyl (C=O) groups excluding carboxylic acids is 1. The van der Waals surface area contributed by atoms with Gasteiger partial charge in [0.25, 0.3) is 0 Å². The minimum Gasteiger partial charge on any atom is -0.462 e. The van der Waals surface area contributed by atoms with Gasteiger partial charge in [0.2, 0.25) is 0 Å². The summed E-state index contributed by atoms with van der Waals surface area (Å²) in [5.41, 5.74) is 3.83. The topological polar surface area (TPSA) is 80.8 Å². The predicted molar refractivity (Wildman–Crippen MR) is 94.3 cm³/mol. The zero-order valence-electron chi connectivity index (χ0n) is 13.9. The molecule has 6 nitrogen and oxygen atoms in total. The molecule has 0 aliphatic rings. The summed E-state index contributed by atoms with van der Waals surface area (Å²) in [5, 5.41) is 16.1. The van der Waals surface area contributed by atoms with Gasteiger partial charge in [0.1, 0.15) is 5.01 Å². The Morgan fingerprint density at radius 1 is 1.40 bits per heavy atom. The summed E-state index contributed by atoms with van der Waals surface area (Å²) in [6.07, 6.45) is 3.14. The van der Waals surface area contributed by atoms with E-state index in [4.69, 9.17) is 10.00 Å². The third kappa shape index (κ3) is 3.92. The van der Waals surface area contributed by atoms with E-state index in [2.05, 4.69) is 16.2 Å². The number of esters is 1. The van der Waals surface area contributed by atoms with E-state index in [-0.39, 0.29) is 5.97 Å². The average molecular weight is 352 g/mol. The Morgan fingerprint density at radius 3 is 3.00 bits per heavy atom. The molecule has 2 heterocycles. The van der Waals surface area contributed by atoms with Gasteiger partial charge in [-0.2, -0.15) is 10.4 Å². The van der Waals surface area contributed by atoms with E-state index >= 15 is 0 Å². The fourth-order valence-corrected chi connectivity index (χ4v) is 3.21. The standard InChI is InChI=1S/C18H16N4O2S/c1-3-24-18(23)15-8-20-22(9-15)10-17-21-16(11-25-17)14-5-12(2)4-13(6-14)7-19/h4-6,8-9,11H,3,10H2,1-2H3. The fourth-order valence-electron chi connectivity index (χ4n) is 2.42. The molecule has 0 N–H and O–H groups in total. The fraction of sp³-hybridized carbons (Fsp3) is 0.222. The monoisotopic (exact) mass is 352 g/mol. The second kappa shape index (κ2) is 7.28. The van der Waals surface area contributed by atoms with Crippen LogP contribution in [0.3, 0.4) is 0 Å². The predicted octanol–water partition coefficient (Wildman–Crippen LogP) is 3.41. The molecule has 1 aromatic carbocycles. The number of hydrogen-bond acceptors (Lipinski definition) is 6. The Balaban J connectivity index is 1.77. The lowest BCUT2D eigenvalue weighted by Crippen LogP contribution is -2.04. The van der Waals surface area contributed by atoms with Crippen LogP contribution in [-0.4, -0.2) is 27.3 Å². The van der Waals surface area contributed by atoms with Crippen LogP contribution in [0.2, 0.25) is 0 Å². The number of aryl methyl sites for hydroxylation is 1. The highest BCUT2D eigenvalue weighted by Crippen LogP contribution is 2.24. The van der Waals surface area contributed by atoms with Crippen molar-refractivity contribution in [2.24, 2.45) is 0 Å². The van der Waals surface area contributed by atoms with Crippen LogP contribution < -0.4 is 0 Å². The van der Waals surface area contributed by atoms with Gasteiger partial charge in [-0.1, -0.05) is 0 Å². The Bertz CT molecular complexity index is 952. The Kier molecular flexibility index (Phi) is 4.91. The number of benzene rings is 1. The molecule has 0 saturated heterocycles. The Labute approximate surface area is 149 Å². The van der Waals surface area contributed by atoms with Crippen molar-refractivity contribution in [2.75, 3.05) is 6.61 Å². The SMILES string of the molecule is CCOC(=O)c1cnn(Cc2nc(-c3cc(C)cc(C#N)c3)cs2)c1. The first-order chi connectivity index (χ1) is 12.1. The zero-order valence-corrected chi connectivity index (χ0v) is 14.7. The lowest BCUT2D eigenvalue weighted by Gasteiger charge is -2.01. The summed E-state index contributed by atoms with van der Waals surface area (Å²) in [5.74, 6) is -0.377. The molecule has 0 saturated carbocycles. The Hall–Kier alpha value is -2.98. The molecule has 0 bridgehead atoms. The van der Waals surface area contributed by atoms with E-state index in [1.165, 1.54) is 17.5 Å². The molecule has 0 aliphatic carbocycles. The van der Waals surface area contributed by atoms with Gasteiger partial charge in [0.15, 0.2) is 0 Å². The van der Waals surface area contributed by atoms with Gasteiger partial charge in [0.05, 0.1) is 42.2 Å². The number of hydrogen-bond donors (Lipinski definition) is 0. The highest BCUT2D eigenvalue weighted by molar-refractivity contribution is 7.09. The summed E-state index contributed by atoms with van der Waals surface area (Å²) in [6.45, 7) is 4.53. The lowest BCUT2D eigenvalue weighted by molar-refractivity contribution is 0.0526. The van der Waals surface area contributed by atoms with Crippen LogP contribution in [0.5, 0.6) is 0 Å².